The fraction of sp³-hybridized carbons (Fsp3) is 0.875. The third-order valence-corrected chi connectivity index (χ3v) is 1.46. The Bertz CT molecular complexity index is 128. The van der Waals surface area contributed by atoms with Gasteiger partial charge in [0.1, 0.15) is 6.23 Å². The molecule has 3 N–H and O–H groups in total. The van der Waals surface area contributed by atoms with Gasteiger partial charge in [0, 0.05) is 6.54 Å². The monoisotopic (exact) mass is 174 g/mol. The fourth-order valence-corrected chi connectivity index (χ4v) is 0.682. The molecule has 0 spiro atoms. The third kappa shape index (κ3) is 6.12. The van der Waals surface area contributed by atoms with Crippen molar-refractivity contribution in [2.24, 2.45) is 0 Å². The number of amides is 1. The zero-order chi connectivity index (χ0) is 9.40. The molecule has 4 nitrogen and oxygen atoms in total. The van der Waals surface area contributed by atoms with Crippen LogP contribution in [0.25, 0.3) is 0 Å². The number of hydrogen-bond donors (Lipinski definition) is 3. The first-order chi connectivity index (χ1) is 5.70. The lowest BCUT2D eigenvalue weighted by molar-refractivity contribution is -0.120. The maximum atomic E-state index is 10.9. The molecule has 0 rings (SSSR count). The van der Waals surface area contributed by atoms with E-state index in [9.17, 15) is 4.79 Å². The molecule has 0 radical (unpaired) electrons. The SMILES string of the molecule is CCCNC(=O)CNC(O)CC. The van der Waals surface area contributed by atoms with Gasteiger partial charge in [0.2, 0.25) is 5.91 Å². The summed E-state index contributed by atoms with van der Waals surface area (Å²) in [6.07, 6.45) is 0.973. The molecule has 72 valence electrons. The number of aliphatic hydroxyl groups excluding tert-OH is 1. The van der Waals surface area contributed by atoms with Crippen LogP contribution in [0.3, 0.4) is 0 Å². The van der Waals surface area contributed by atoms with Gasteiger partial charge < -0.3 is 10.4 Å². The van der Waals surface area contributed by atoms with Gasteiger partial charge in [-0.25, -0.2) is 0 Å². The van der Waals surface area contributed by atoms with Crippen molar-refractivity contribution < 1.29 is 9.90 Å². The van der Waals surface area contributed by atoms with Crippen LogP contribution < -0.4 is 10.6 Å². The normalized spacial score (nSPS) is 12.6. The summed E-state index contributed by atoms with van der Waals surface area (Å²) in [5, 5.41) is 14.4. The van der Waals surface area contributed by atoms with Gasteiger partial charge in [-0.15, -0.1) is 0 Å². The maximum absolute atomic E-state index is 10.9. The van der Waals surface area contributed by atoms with Crippen molar-refractivity contribution in [3.63, 3.8) is 0 Å². The highest BCUT2D eigenvalue weighted by Crippen LogP contribution is 1.82. The van der Waals surface area contributed by atoms with Crippen LogP contribution in [-0.2, 0) is 4.79 Å². The molecule has 0 aliphatic rings. The highest BCUT2D eigenvalue weighted by Gasteiger charge is 2.02. The summed E-state index contributed by atoms with van der Waals surface area (Å²) in [4.78, 5) is 10.9. The van der Waals surface area contributed by atoms with Crippen molar-refractivity contribution in [3.05, 3.63) is 0 Å². The molecule has 1 unspecified atom stereocenters. The second kappa shape index (κ2) is 7.06. The second-order valence-corrected chi connectivity index (χ2v) is 2.65. The molecule has 12 heavy (non-hydrogen) atoms. The van der Waals surface area contributed by atoms with Gasteiger partial charge in [-0.2, -0.15) is 0 Å². The Morgan fingerprint density at radius 3 is 2.67 bits per heavy atom. The Balaban J connectivity index is 3.31. The van der Waals surface area contributed by atoms with Crippen LogP contribution in [0.4, 0.5) is 0 Å². The predicted molar refractivity (Wildman–Crippen MR) is 47.6 cm³/mol. The van der Waals surface area contributed by atoms with Gasteiger partial charge in [-0.3, -0.25) is 10.1 Å². The van der Waals surface area contributed by atoms with E-state index in [1.165, 1.54) is 0 Å². The maximum Gasteiger partial charge on any atom is 0.234 e. The molecule has 1 atom stereocenters. The number of nitrogens with one attached hydrogen (secondary N) is 2. The van der Waals surface area contributed by atoms with Crippen molar-refractivity contribution >= 4 is 5.91 Å². The quantitative estimate of drug-likeness (QED) is 0.490. The third-order valence-electron chi connectivity index (χ3n) is 1.46. The van der Waals surface area contributed by atoms with E-state index in [1.807, 2.05) is 13.8 Å². The molecule has 0 aromatic rings. The Morgan fingerprint density at radius 1 is 1.50 bits per heavy atom. The molecule has 4 heteroatoms. The van der Waals surface area contributed by atoms with Gasteiger partial charge in [0.15, 0.2) is 0 Å². The van der Waals surface area contributed by atoms with E-state index in [-0.39, 0.29) is 12.5 Å². The van der Waals surface area contributed by atoms with Gasteiger partial charge in [0.05, 0.1) is 6.54 Å². The summed E-state index contributed by atoms with van der Waals surface area (Å²) >= 11 is 0. The second-order valence-electron chi connectivity index (χ2n) is 2.65. The Labute approximate surface area is 73.3 Å². The largest absolute Gasteiger partial charge is 0.379 e. The molecule has 0 aromatic heterocycles. The Hall–Kier alpha value is -0.610. The summed E-state index contributed by atoms with van der Waals surface area (Å²) < 4.78 is 0. The fourth-order valence-electron chi connectivity index (χ4n) is 0.682. The van der Waals surface area contributed by atoms with Crippen LogP contribution in [0, 0.1) is 0 Å². The summed E-state index contributed by atoms with van der Waals surface area (Å²) in [5.74, 6) is -0.0654. The first-order valence-electron chi connectivity index (χ1n) is 4.38. The summed E-state index contributed by atoms with van der Waals surface area (Å²) in [6.45, 7) is 4.73. The molecule has 0 aromatic carbocycles. The topological polar surface area (TPSA) is 61.4 Å². The van der Waals surface area contributed by atoms with Gasteiger partial charge in [-0.1, -0.05) is 13.8 Å². The van der Waals surface area contributed by atoms with Crippen LogP contribution in [-0.4, -0.2) is 30.3 Å². The van der Waals surface area contributed by atoms with Gasteiger partial charge in [-0.05, 0) is 12.8 Å². The number of hydrogen-bond acceptors (Lipinski definition) is 3. The molecular weight excluding hydrogens is 156 g/mol. The van der Waals surface area contributed by atoms with E-state index in [2.05, 4.69) is 10.6 Å². The minimum atomic E-state index is -0.572. The van der Waals surface area contributed by atoms with E-state index in [4.69, 9.17) is 5.11 Å². The molecule has 0 fully saturated rings. The van der Waals surface area contributed by atoms with Crippen LogP contribution in [0.1, 0.15) is 26.7 Å². The Morgan fingerprint density at radius 2 is 2.17 bits per heavy atom. The zero-order valence-corrected chi connectivity index (χ0v) is 7.76. The van der Waals surface area contributed by atoms with Crippen LogP contribution in [0.5, 0.6) is 0 Å². The van der Waals surface area contributed by atoms with Crippen molar-refractivity contribution in [1.29, 1.82) is 0 Å². The van der Waals surface area contributed by atoms with Crippen molar-refractivity contribution in [1.82, 2.24) is 10.6 Å². The van der Waals surface area contributed by atoms with E-state index >= 15 is 0 Å². The van der Waals surface area contributed by atoms with Gasteiger partial charge in [0.25, 0.3) is 0 Å². The summed E-state index contributed by atoms with van der Waals surface area (Å²) in [5.41, 5.74) is 0. The standard InChI is InChI=1S/C8H18N2O2/c1-3-5-9-8(12)6-10-7(11)4-2/h7,10-11H,3-6H2,1-2H3,(H,9,12). The van der Waals surface area contributed by atoms with E-state index in [0.717, 1.165) is 6.42 Å². The van der Waals surface area contributed by atoms with Gasteiger partial charge >= 0.3 is 0 Å². The van der Waals surface area contributed by atoms with E-state index < -0.39 is 6.23 Å². The van der Waals surface area contributed by atoms with Crippen LogP contribution in [0.2, 0.25) is 0 Å². The predicted octanol–water partition coefficient (Wildman–Crippen LogP) is -0.169. The van der Waals surface area contributed by atoms with Crippen molar-refractivity contribution in [3.8, 4) is 0 Å². The zero-order valence-electron chi connectivity index (χ0n) is 7.76. The number of aliphatic hydroxyl groups is 1. The molecule has 0 saturated heterocycles. The molecule has 0 saturated carbocycles. The minimum absolute atomic E-state index is 0.0654. The van der Waals surface area contributed by atoms with Crippen molar-refractivity contribution in [2.75, 3.05) is 13.1 Å². The van der Waals surface area contributed by atoms with E-state index in [1.54, 1.807) is 0 Å². The number of carbonyl (C=O) groups excluding carboxylic acids is 1. The molecule has 1 amide bonds. The van der Waals surface area contributed by atoms with Crippen molar-refractivity contribution in [2.45, 2.75) is 32.9 Å². The average molecular weight is 174 g/mol. The lowest BCUT2D eigenvalue weighted by Crippen LogP contribution is -2.39. The summed E-state index contributed by atoms with van der Waals surface area (Å²) in [6, 6.07) is 0. The molecular formula is C8H18N2O2. The average Bonchev–Trinajstić information content (AvgIpc) is 2.10. The molecule has 0 aliphatic heterocycles. The first kappa shape index (κ1) is 11.4. The van der Waals surface area contributed by atoms with E-state index in [0.29, 0.717) is 13.0 Å². The summed E-state index contributed by atoms with van der Waals surface area (Å²) in [7, 11) is 0. The highest BCUT2D eigenvalue weighted by molar-refractivity contribution is 5.77. The highest BCUT2D eigenvalue weighted by atomic mass is 16.3. The first-order valence-corrected chi connectivity index (χ1v) is 4.38. The lowest BCUT2D eigenvalue weighted by Gasteiger charge is -2.09. The smallest absolute Gasteiger partial charge is 0.234 e. The number of rotatable bonds is 6. The Kier molecular flexibility index (Phi) is 6.70. The van der Waals surface area contributed by atoms with Crippen LogP contribution >= 0.6 is 0 Å². The minimum Gasteiger partial charge on any atom is -0.379 e. The number of carbonyl (C=O) groups is 1. The lowest BCUT2D eigenvalue weighted by atomic mass is 10.4. The van der Waals surface area contributed by atoms with Crippen LogP contribution in [0.15, 0.2) is 0 Å². The molecule has 0 heterocycles. The molecule has 0 bridgehead atoms. The molecule has 0 aliphatic carbocycles.